The number of carboxylic acids is 1. The second-order valence-electron chi connectivity index (χ2n) is 8.67. The van der Waals surface area contributed by atoms with Gasteiger partial charge in [0.1, 0.15) is 17.3 Å². The predicted octanol–water partition coefficient (Wildman–Crippen LogP) is 4.08. The maximum absolute atomic E-state index is 13.5. The lowest BCUT2D eigenvalue weighted by atomic mass is 9.86. The van der Waals surface area contributed by atoms with E-state index in [4.69, 9.17) is 5.11 Å². The second-order valence-corrected chi connectivity index (χ2v) is 10.6. The van der Waals surface area contributed by atoms with Crippen molar-refractivity contribution < 1.29 is 18.3 Å². The molecule has 182 valence electrons. The summed E-state index contributed by atoms with van der Waals surface area (Å²) in [7, 11) is -3.87. The number of halogens is 1. The van der Waals surface area contributed by atoms with Crippen LogP contribution in [0.4, 0.5) is 5.82 Å². The number of carbonyl (C=O) groups is 1. The topological polar surface area (TPSA) is 112 Å². The molecule has 2 aromatic heterocycles. The Balaban J connectivity index is 0.00000408. The van der Waals surface area contributed by atoms with Gasteiger partial charge in [0.2, 0.25) is 10.0 Å². The van der Waals surface area contributed by atoms with Crippen molar-refractivity contribution >= 4 is 34.2 Å². The molecular weight excluding hydrogens is 476 g/mol. The van der Waals surface area contributed by atoms with Crippen LogP contribution in [-0.2, 0) is 33.3 Å². The SMILES string of the molecule is CC(C)(C)c1cccc(CN(Cc2cccc(NCC(=O)O)n2)S(=O)(=O)c2cccnc2)c1.Cl. The Labute approximate surface area is 206 Å². The summed E-state index contributed by atoms with van der Waals surface area (Å²) in [6.07, 6.45) is 2.85. The maximum Gasteiger partial charge on any atom is 0.322 e. The van der Waals surface area contributed by atoms with Crippen molar-refractivity contribution in [1.82, 2.24) is 14.3 Å². The number of pyridine rings is 2. The standard InChI is InChI=1S/C24H28N4O4S.ClH/c1-24(2,3)19-8-4-7-18(13-19)16-28(33(31,32)21-10-6-12-25-14-21)17-20-9-5-11-22(27-20)26-15-23(29)30;/h4-14H,15-17H2,1-3H3,(H,26,27)(H,29,30);1H. The zero-order chi connectivity index (χ0) is 24.1. The van der Waals surface area contributed by atoms with Gasteiger partial charge in [-0.2, -0.15) is 4.31 Å². The van der Waals surface area contributed by atoms with Gasteiger partial charge < -0.3 is 10.4 Å². The summed E-state index contributed by atoms with van der Waals surface area (Å²) in [5.74, 6) is -0.648. The molecule has 1 aromatic carbocycles. The molecule has 0 saturated heterocycles. The van der Waals surface area contributed by atoms with Gasteiger partial charge in [0.15, 0.2) is 0 Å². The number of sulfonamides is 1. The minimum Gasteiger partial charge on any atom is -0.480 e. The van der Waals surface area contributed by atoms with Crippen LogP contribution in [0.3, 0.4) is 0 Å². The van der Waals surface area contributed by atoms with E-state index in [0.717, 1.165) is 11.1 Å². The molecule has 3 rings (SSSR count). The highest BCUT2D eigenvalue weighted by Crippen LogP contribution is 2.25. The fraction of sp³-hybridized carbons (Fsp3) is 0.292. The molecule has 0 saturated carbocycles. The number of hydrogen-bond acceptors (Lipinski definition) is 6. The number of nitrogens with zero attached hydrogens (tertiary/aromatic N) is 3. The maximum atomic E-state index is 13.5. The molecule has 34 heavy (non-hydrogen) atoms. The summed E-state index contributed by atoms with van der Waals surface area (Å²) in [6, 6.07) is 16.0. The van der Waals surface area contributed by atoms with E-state index in [1.165, 1.54) is 22.8 Å². The van der Waals surface area contributed by atoms with E-state index in [9.17, 15) is 13.2 Å². The third-order valence-corrected chi connectivity index (χ3v) is 6.77. The first-order valence-corrected chi connectivity index (χ1v) is 11.9. The average Bonchev–Trinajstić information content (AvgIpc) is 2.78. The molecule has 0 atom stereocenters. The van der Waals surface area contributed by atoms with E-state index in [0.29, 0.717) is 11.5 Å². The van der Waals surface area contributed by atoms with E-state index in [-0.39, 0.29) is 42.4 Å². The highest BCUT2D eigenvalue weighted by atomic mass is 35.5. The summed E-state index contributed by atoms with van der Waals surface area (Å²) >= 11 is 0. The van der Waals surface area contributed by atoms with Gasteiger partial charge in [-0.25, -0.2) is 13.4 Å². The van der Waals surface area contributed by atoms with Crippen LogP contribution >= 0.6 is 12.4 Å². The Kier molecular flexibility index (Phi) is 9.14. The number of anilines is 1. The van der Waals surface area contributed by atoms with Crippen molar-refractivity contribution in [3.8, 4) is 0 Å². The smallest absolute Gasteiger partial charge is 0.322 e. The third kappa shape index (κ3) is 7.24. The van der Waals surface area contributed by atoms with Crippen molar-refractivity contribution in [2.45, 2.75) is 44.2 Å². The van der Waals surface area contributed by atoms with Crippen LogP contribution in [0.5, 0.6) is 0 Å². The Morgan fingerprint density at radius 2 is 1.79 bits per heavy atom. The van der Waals surface area contributed by atoms with Gasteiger partial charge in [-0.15, -0.1) is 12.4 Å². The van der Waals surface area contributed by atoms with Gasteiger partial charge >= 0.3 is 5.97 Å². The molecule has 2 heterocycles. The fourth-order valence-electron chi connectivity index (χ4n) is 3.23. The van der Waals surface area contributed by atoms with Crippen molar-refractivity contribution in [2.75, 3.05) is 11.9 Å². The Bertz CT molecular complexity index is 1210. The lowest BCUT2D eigenvalue weighted by molar-refractivity contribution is -0.134. The number of benzene rings is 1. The first-order valence-electron chi connectivity index (χ1n) is 10.5. The van der Waals surface area contributed by atoms with Gasteiger partial charge in [0.05, 0.1) is 12.2 Å². The van der Waals surface area contributed by atoms with Crippen molar-refractivity contribution in [2.24, 2.45) is 0 Å². The fourth-order valence-corrected chi connectivity index (χ4v) is 4.59. The molecular formula is C24H29ClN4O4S. The third-order valence-electron chi connectivity index (χ3n) is 4.99. The molecule has 0 radical (unpaired) electrons. The van der Waals surface area contributed by atoms with Crippen LogP contribution < -0.4 is 5.32 Å². The van der Waals surface area contributed by atoms with Crippen LogP contribution in [0.25, 0.3) is 0 Å². The lowest BCUT2D eigenvalue weighted by Gasteiger charge is -2.24. The number of aliphatic carboxylic acids is 1. The van der Waals surface area contributed by atoms with Crippen LogP contribution in [0, 0.1) is 0 Å². The van der Waals surface area contributed by atoms with Crippen LogP contribution in [0.1, 0.15) is 37.6 Å². The molecule has 0 amide bonds. The van der Waals surface area contributed by atoms with E-state index in [2.05, 4.69) is 36.1 Å². The van der Waals surface area contributed by atoms with Crippen molar-refractivity contribution in [1.29, 1.82) is 0 Å². The Morgan fingerprint density at radius 1 is 1.06 bits per heavy atom. The highest BCUT2D eigenvalue weighted by molar-refractivity contribution is 7.89. The zero-order valence-electron chi connectivity index (χ0n) is 19.3. The van der Waals surface area contributed by atoms with E-state index < -0.39 is 16.0 Å². The highest BCUT2D eigenvalue weighted by Gasteiger charge is 2.26. The number of carboxylic acid groups (broad SMARTS) is 1. The molecule has 0 aliphatic rings. The molecule has 0 spiro atoms. The molecule has 0 bridgehead atoms. The summed E-state index contributed by atoms with van der Waals surface area (Å²) < 4.78 is 28.3. The molecule has 0 fully saturated rings. The molecule has 0 aliphatic carbocycles. The van der Waals surface area contributed by atoms with Gasteiger partial charge in [0.25, 0.3) is 0 Å². The molecule has 0 unspecified atom stereocenters. The second kappa shape index (κ2) is 11.4. The lowest BCUT2D eigenvalue weighted by Crippen LogP contribution is -2.31. The Morgan fingerprint density at radius 3 is 2.44 bits per heavy atom. The first kappa shape index (κ1) is 27.2. The predicted molar refractivity (Wildman–Crippen MR) is 133 cm³/mol. The number of hydrogen-bond donors (Lipinski definition) is 2. The van der Waals surface area contributed by atoms with E-state index in [1.807, 2.05) is 24.3 Å². The molecule has 2 N–H and O–H groups in total. The molecule has 8 nitrogen and oxygen atoms in total. The van der Waals surface area contributed by atoms with Gasteiger partial charge in [0, 0.05) is 18.9 Å². The summed E-state index contributed by atoms with van der Waals surface area (Å²) in [6.45, 7) is 6.20. The molecule has 3 aromatic rings. The Hall–Kier alpha value is -3.01. The van der Waals surface area contributed by atoms with E-state index in [1.54, 1.807) is 24.3 Å². The number of rotatable bonds is 9. The summed E-state index contributed by atoms with van der Waals surface area (Å²) in [4.78, 5) is 19.3. The number of aromatic nitrogens is 2. The zero-order valence-corrected chi connectivity index (χ0v) is 20.9. The van der Waals surface area contributed by atoms with Gasteiger partial charge in [-0.1, -0.05) is 51.1 Å². The first-order chi connectivity index (χ1) is 15.6. The molecule has 10 heteroatoms. The van der Waals surface area contributed by atoms with E-state index >= 15 is 0 Å². The monoisotopic (exact) mass is 504 g/mol. The van der Waals surface area contributed by atoms with Gasteiger partial charge in [-0.05, 0) is 40.8 Å². The average molecular weight is 505 g/mol. The van der Waals surface area contributed by atoms with Crippen LogP contribution in [0.15, 0.2) is 71.9 Å². The van der Waals surface area contributed by atoms with Crippen molar-refractivity contribution in [3.05, 3.63) is 83.8 Å². The minimum absolute atomic E-state index is 0. The molecule has 0 aliphatic heterocycles. The number of nitrogens with one attached hydrogen (secondary N) is 1. The van der Waals surface area contributed by atoms with Crippen LogP contribution in [-0.4, -0.2) is 40.3 Å². The van der Waals surface area contributed by atoms with Crippen LogP contribution in [0.2, 0.25) is 0 Å². The minimum atomic E-state index is -3.87. The summed E-state index contributed by atoms with van der Waals surface area (Å²) in [5.41, 5.74) is 2.38. The van der Waals surface area contributed by atoms with Gasteiger partial charge in [-0.3, -0.25) is 9.78 Å². The summed E-state index contributed by atoms with van der Waals surface area (Å²) in [5, 5.41) is 11.6. The largest absolute Gasteiger partial charge is 0.480 e. The quantitative estimate of drug-likeness (QED) is 0.451. The van der Waals surface area contributed by atoms with Crippen molar-refractivity contribution in [3.63, 3.8) is 0 Å². The normalized spacial score (nSPS) is 11.6.